The predicted molar refractivity (Wildman–Crippen MR) is 61.9 cm³/mol. The lowest BCUT2D eigenvalue weighted by Gasteiger charge is -2.10. The summed E-state index contributed by atoms with van der Waals surface area (Å²) in [5.74, 6) is 0.342. The lowest BCUT2D eigenvalue weighted by Crippen LogP contribution is -2.33. The second-order valence-corrected chi connectivity index (χ2v) is 3.83. The van der Waals surface area contributed by atoms with E-state index in [2.05, 4.69) is 15.9 Å². The van der Waals surface area contributed by atoms with Crippen LogP contribution in [0.15, 0.2) is 16.6 Å². The number of halogens is 1. The van der Waals surface area contributed by atoms with E-state index < -0.39 is 7.12 Å². The van der Waals surface area contributed by atoms with Gasteiger partial charge in [-0.1, -0.05) is 0 Å². The Kier molecular flexibility index (Phi) is 4.94. The van der Waals surface area contributed by atoms with E-state index in [1.54, 1.807) is 0 Å². The van der Waals surface area contributed by atoms with Gasteiger partial charge < -0.3 is 19.9 Å². The van der Waals surface area contributed by atoms with Crippen LogP contribution in [-0.4, -0.2) is 41.8 Å². The highest BCUT2D eigenvalue weighted by Crippen LogP contribution is 2.20. The van der Waals surface area contributed by atoms with E-state index in [-0.39, 0.29) is 24.2 Å². The zero-order chi connectivity index (χ0) is 12.1. The van der Waals surface area contributed by atoms with Crippen LogP contribution in [0, 0.1) is 0 Å². The molecule has 3 N–H and O–H groups in total. The first-order chi connectivity index (χ1) is 7.60. The zero-order valence-corrected chi connectivity index (χ0v) is 9.85. The van der Waals surface area contributed by atoms with Gasteiger partial charge in [-0.25, -0.2) is 0 Å². The van der Waals surface area contributed by atoms with Crippen molar-refractivity contribution < 1.29 is 24.7 Å². The maximum Gasteiger partial charge on any atom is 0.489 e. The molecule has 0 fully saturated rings. The average molecular weight is 289 g/mol. The van der Waals surface area contributed by atoms with Gasteiger partial charge in [0.15, 0.2) is 6.29 Å². The molecule has 0 bridgehead atoms. The van der Waals surface area contributed by atoms with Gasteiger partial charge in [-0.15, -0.1) is 0 Å². The van der Waals surface area contributed by atoms with Gasteiger partial charge in [0.05, 0.1) is 6.61 Å². The van der Waals surface area contributed by atoms with Crippen LogP contribution in [0.5, 0.6) is 5.75 Å². The minimum Gasteiger partial charge on any atom is -0.491 e. The first kappa shape index (κ1) is 13.2. The highest BCUT2D eigenvalue weighted by Gasteiger charge is 2.19. The molecule has 5 nitrogen and oxygen atoms in total. The predicted octanol–water partition coefficient (Wildman–Crippen LogP) is -0.688. The maximum absolute atomic E-state index is 10.7. The molecule has 0 saturated heterocycles. The van der Waals surface area contributed by atoms with E-state index in [1.165, 1.54) is 12.1 Å². The van der Waals surface area contributed by atoms with Gasteiger partial charge in [-0.05, 0) is 33.5 Å². The summed E-state index contributed by atoms with van der Waals surface area (Å²) in [6.45, 7) is -0.0576. The van der Waals surface area contributed by atoms with Crippen LogP contribution in [0.2, 0.25) is 0 Å². The highest BCUT2D eigenvalue weighted by molar-refractivity contribution is 9.10. The molecule has 0 spiro atoms. The van der Waals surface area contributed by atoms with E-state index in [9.17, 15) is 4.79 Å². The topological polar surface area (TPSA) is 87.0 Å². The van der Waals surface area contributed by atoms with Crippen molar-refractivity contribution in [1.29, 1.82) is 0 Å². The number of aliphatic hydroxyl groups is 1. The Morgan fingerprint density at radius 2 is 2.12 bits per heavy atom. The molecule has 0 aromatic heterocycles. The minimum atomic E-state index is -1.76. The summed E-state index contributed by atoms with van der Waals surface area (Å²) >= 11 is 3.12. The van der Waals surface area contributed by atoms with Crippen molar-refractivity contribution in [2.24, 2.45) is 0 Å². The van der Waals surface area contributed by atoms with E-state index in [1.807, 2.05) is 0 Å². The Hall–Kier alpha value is -0.885. The number of aldehydes is 1. The summed E-state index contributed by atoms with van der Waals surface area (Å²) in [6.07, 6.45) is 0.522. The Bertz CT molecular complexity index is 382. The van der Waals surface area contributed by atoms with Crippen LogP contribution in [0.1, 0.15) is 10.4 Å². The van der Waals surface area contributed by atoms with Crippen molar-refractivity contribution in [3.05, 3.63) is 22.2 Å². The third kappa shape index (κ3) is 3.05. The SMILES string of the molecule is O=Cc1c(Br)cc(OCCO)cc1B(O)O. The molecule has 0 saturated carbocycles. The van der Waals surface area contributed by atoms with Gasteiger partial charge >= 0.3 is 7.12 Å². The number of carbonyl (C=O) groups excluding carboxylic acids is 1. The number of hydrogen-bond acceptors (Lipinski definition) is 5. The largest absolute Gasteiger partial charge is 0.491 e. The Balaban J connectivity index is 3.12. The molecule has 0 aliphatic rings. The minimum absolute atomic E-state index is 0.0531. The van der Waals surface area contributed by atoms with Crippen molar-refractivity contribution in [2.45, 2.75) is 0 Å². The fourth-order valence-electron chi connectivity index (χ4n) is 1.20. The smallest absolute Gasteiger partial charge is 0.489 e. The van der Waals surface area contributed by atoms with Crippen molar-refractivity contribution in [1.82, 2.24) is 0 Å². The fraction of sp³-hybridized carbons (Fsp3) is 0.222. The molecule has 1 rings (SSSR count). The molecule has 0 aliphatic heterocycles. The molecule has 0 unspecified atom stereocenters. The van der Waals surface area contributed by atoms with E-state index in [0.29, 0.717) is 16.5 Å². The molecule has 1 aromatic rings. The number of carbonyl (C=O) groups is 1. The van der Waals surface area contributed by atoms with Crippen molar-refractivity contribution >= 4 is 34.8 Å². The number of aliphatic hydroxyl groups excluding tert-OH is 1. The number of benzene rings is 1. The quantitative estimate of drug-likeness (QED) is 0.493. The molecule has 0 aliphatic carbocycles. The van der Waals surface area contributed by atoms with Crippen molar-refractivity contribution in [3.63, 3.8) is 0 Å². The molecule has 0 radical (unpaired) electrons. The molecular weight excluding hydrogens is 279 g/mol. The van der Waals surface area contributed by atoms with Crippen LogP contribution in [0.25, 0.3) is 0 Å². The van der Waals surface area contributed by atoms with Gasteiger partial charge in [0.1, 0.15) is 12.4 Å². The van der Waals surface area contributed by atoms with E-state index in [0.717, 1.165) is 0 Å². The first-order valence-corrected chi connectivity index (χ1v) is 5.28. The average Bonchev–Trinajstić information content (AvgIpc) is 2.25. The van der Waals surface area contributed by atoms with Crippen LogP contribution < -0.4 is 10.2 Å². The fourth-order valence-corrected chi connectivity index (χ4v) is 1.75. The lowest BCUT2D eigenvalue weighted by molar-refractivity contribution is 0.112. The van der Waals surface area contributed by atoms with Gasteiger partial charge in [0.25, 0.3) is 0 Å². The van der Waals surface area contributed by atoms with Crippen molar-refractivity contribution in [2.75, 3.05) is 13.2 Å². The van der Waals surface area contributed by atoms with E-state index >= 15 is 0 Å². The molecule has 86 valence electrons. The molecule has 7 heteroatoms. The second kappa shape index (κ2) is 6.00. The molecular formula is C9H10BBrO5. The third-order valence-corrected chi connectivity index (χ3v) is 2.55. The molecule has 16 heavy (non-hydrogen) atoms. The Morgan fingerprint density at radius 1 is 1.44 bits per heavy atom. The Morgan fingerprint density at radius 3 is 2.62 bits per heavy atom. The number of rotatable bonds is 5. The number of ether oxygens (including phenoxy) is 1. The monoisotopic (exact) mass is 288 g/mol. The van der Waals surface area contributed by atoms with Crippen LogP contribution in [0.3, 0.4) is 0 Å². The summed E-state index contributed by atoms with van der Waals surface area (Å²) in [5.41, 5.74) is 0.212. The second-order valence-electron chi connectivity index (χ2n) is 2.97. The summed E-state index contributed by atoms with van der Waals surface area (Å²) in [7, 11) is -1.76. The van der Waals surface area contributed by atoms with Crippen LogP contribution in [-0.2, 0) is 0 Å². The van der Waals surface area contributed by atoms with Gasteiger partial charge in [0, 0.05) is 10.0 Å². The van der Waals surface area contributed by atoms with Crippen molar-refractivity contribution in [3.8, 4) is 5.75 Å². The zero-order valence-electron chi connectivity index (χ0n) is 8.26. The first-order valence-electron chi connectivity index (χ1n) is 4.48. The van der Waals surface area contributed by atoms with Gasteiger partial charge in [-0.2, -0.15) is 0 Å². The molecule has 0 amide bonds. The highest BCUT2D eigenvalue weighted by atomic mass is 79.9. The summed E-state index contributed by atoms with van der Waals surface area (Å²) in [4.78, 5) is 10.7. The summed E-state index contributed by atoms with van der Waals surface area (Å²) < 4.78 is 5.51. The third-order valence-electron chi connectivity index (χ3n) is 1.89. The molecule has 0 heterocycles. The summed E-state index contributed by atoms with van der Waals surface area (Å²) in [5, 5.41) is 26.7. The lowest BCUT2D eigenvalue weighted by atomic mass is 9.77. The standard InChI is InChI=1S/C9H10BBrO5/c11-9-4-6(16-2-1-12)3-8(10(14)15)7(9)5-13/h3-5,12,14-15H,1-2H2. The van der Waals surface area contributed by atoms with E-state index in [4.69, 9.17) is 19.9 Å². The molecule has 0 atom stereocenters. The van der Waals surface area contributed by atoms with Crippen LogP contribution in [0.4, 0.5) is 0 Å². The Labute approximate surface area is 101 Å². The normalized spacial score (nSPS) is 10.0. The van der Waals surface area contributed by atoms with Crippen LogP contribution >= 0.6 is 15.9 Å². The summed E-state index contributed by atoms with van der Waals surface area (Å²) in [6, 6.07) is 2.86. The molecule has 1 aromatic carbocycles. The van der Waals surface area contributed by atoms with Gasteiger partial charge in [0.2, 0.25) is 0 Å². The maximum atomic E-state index is 10.7. The van der Waals surface area contributed by atoms with Gasteiger partial charge in [-0.3, -0.25) is 4.79 Å². The number of hydrogen-bond donors (Lipinski definition) is 3.